The molecule has 0 aromatic carbocycles. The quantitative estimate of drug-likeness (QED) is 0.494. The van der Waals surface area contributed by atoms with Crippen molar-refractivity contribution in [3.05, 3.63) is 0 Å². The van der Waals surface area contributed by atoms with E-state index in [4.69, 9.17) is 14.9 Å². The van der Waals surface area contributed by atoms with Gasteiger partial charge in [0, 0.05) is 0 Å². The lowest BCUT2D eigenvalue weighted by molar-refractivity contribution is -0.137. The Balaban J connectivity index is 2.12. The van der Waals surface area contributed by atoms with E-state index in [1.807, 2.05) is 0 Å². The summed E-state index contributed by atoms with van der Waals surface area (Å²) in [5.74, 6) is -0.879. The molecule has 1 fully saturated rings. The highest BCUT2D eigenvalue weighted by atomic mass is 16.6. The molecule has 0 amide bonds. The van der Waals surface area contributed by atoms with Crippen molar-refractivity contribution in [3.8, 4) is 0 Å². The van der Waals surface area contributed by atoms with Crippen molar-refractivity contribution in [2.75, 3.05) is 6.61 Å². The number of ether oxygens (including phenoxy) is 1. The Hall–Kier alpha value is -0.610. The van der Waals surface area contributed by atoms with Crippen LogP contribution in [0.5, 0.6) is 0 Å². The molecule has 1 aliphatic rings. The molecule has 9 heavy (non-hydrogen) atoms. The summed E-state index contributed by atoms with van der Waals surface area (Å²) in [4.78, 5) is 9.95. The fraction of sp³-hybridized carbons (Fsp3) is 0.800. The molecule has 0 aromatic heterocycles. The Morgan fingerprint density at radius 1 is 1.56 bits per heavy atom. The summed E-state index contributed by atoms with van der Waals surface area (Å²) in [5.41, 5.74) is 0. The second kappa shape index (κ2) is 2.33. The van der Waals surface area contributed by atoms with E-state index in [-0.39, 0.29) is 25.2 Å². The molecule has 52 valence electrons. The largest absolute Gasteiger partial charge is 0.481 e. The minimum absolute atomic E-state index is 0.00519. The van der Waals surface area contributed by atoms with Crippen molar-refractivity contribution < 1.29 is 19.7 Å². The monoisotopic (exact) mass is 132 g/mol. The van der Waals surface area contributed by atoms with Gasteiger partial charge in [-0.05, 0) is 0 Å². The number of carboxylic acids is 1. The fourth-order valence-corrected chi connectivity index (χ4v) is 0.691. The van der Waals surface area contributed by atoms with Gasteiger partial charge in [0.1, 0.15) is 6.10 Å². The third-order valence-electron chi connectivity index (χ3n) is 1.24. The lowest BCUT2D eigenvalue weighted by atomic mass is 10.2. The Bertz CT molecular complexity index is 122. The minimum atomic E-state index is -0.879. The Kier molecular flexibility index (Phi) is 1.68. The smallest absolute Gasteiger partial charge is 0.306 e. The molecular formula is C5H8O4. The number of carboxylic acid groups (broad SMARTS) is 1. The van der Waals surface area contributed by atoms with E-state index in [2.05, 4.69) is 0 Å². The van der Waals surface area contributed by atoms with Crippen LogP contribution in [0.1, 0.15) is 6.42 Å². The normalized spacial score (nSPS) is 32.1. The van der Waals surface area contributed by atoms with Crippen LogP contribution in [-0.2, 0) is 9.53 Å². The molecule has 0 radical (unpaired) electrons. The second-order valence-electron chi connectivity index (χ2n) is 1.99. The van der Waals surface area contributed by atoms with Gasteiger partial charge in [-0.25, -0.2) is 0 Å². The Morgan fingerprint density at radius 2 is 2.22 bits per heavy atom. The average molecular weight is 132 g/mol. The SMILES string of the molecule is O=C(O)CC1OC1CO. The van der Waals surface area contributed by atoms with Crippen molar-refractivity contribution in [2.24, 2.45) is 0 Å². The molecule has 1 heterocycles. The highest BCUT2D eigenvalue weighted by Gasteiger charge is 2.39. The first-order valence-electron chi connectivity index (χ1n) is 2.72. The molecule has 0 bridgehead atoms. The summed E-state index contributed by atoms with van der Waals surface area (Å²) < 4.78 is 4.75. The van der Waals surface area contributed by atoms with Crippen LogP contribution in [0.4, 0.5) is 0 Å². The van der Waals surface area contributed by atoms with Crippen molar-refractivity contribution >= 4 is 5.97 Å². The summed E-state index contributed by atoms with van der Waals surface area (Å²) in [6.45, 7) is -0.0715. The van der Waals surface area contributed by atoms with Gasteiger partial charge >= 0.3 is 5.97 Å². The predicted molar refractivity (Wildman–Crippen MR) is 28.0 cm³/mol. The summed E-state index contributed by atoms with van der Waals surface area (Å²) in [5, 5.41) is 16.5. The van der Waals surface area contributed by atoms with E-state index < -0.39 is 5.97 Å². The molecule has 1 saturated heterocycles. The van der Waals surface area contributed by atoms with Gasteiger partial charge in [0.25, 0.3) is 0 Å². The van der Waals surface area contributed by atoms with E-state index in [0.29, 0.717) is 0 Å². The maximum absolute atomic E-state index is 9.95. The number of hydrogen-bond acceptors (Lipinski definition) is 3. The lowest BCUT2D eigenvalue weighted by Crippen LogP contribution is -2.05. The Morgan fingerprint density at radius 3 is 2.56 bits per heavy atom. The van der Waals surface area contributed by atoms with Gasteiger partial charge in [-0.1, -0.05) is 0 Å². The Labute approximate surface area is 52.1 Å². The van der Waals surface area contributed by atoms with Crippen LogP contribution in [0.3, 0.4) is 0 Å². The van der Waals surface area contributed by atoms with Crippen LogP contribution in [0.2, 0.25) is 0 Å². The number of aliphatic hydroxyl groups excluding tert-OH is 1. The van der Waals surface area contributed by atoms with Crippen LogP contribution in [0.15, 0.2) is 0 Å². The summed E-state index contributed by atoms with van der Waals surface area (Å²) in [6, 6.07) is 0. The number of aliphatic hydroxyl groups is 1. The van der Waals surface area contributed by atoms with Gasteiger partial charge in [0.15, 0.2) is 0 Å². The zero-order valence-electron chi connectivity index (χ0n) is 4.78. The van der Waals surface area contributed by atoms with Gasteiger partial charge in [-0.3, -0.25) is 4.79 Å². The van der Waals surface area contributed by atoms with Crippen LogP contribution < -0.4 is 0 Å². The third-order valence-corrected chi connectivity index (χ3v) is 1.24. The molecule has 4 heteroatoms. The van der Waals surface area contributed by atoms with E-state index in [9.17, 15) is 4.79 Å². The van der Waals surface area contributed by atoms with Crippen molar-refractivity contribution in [3.63, 3.8) is 0 Å². The molecule has 1 rings (SSSR count). The predicted octanol–water partition coefficient (Wildman–Crippen LogP) is -0.779. The second-order valence-corrected chi connectivity index (χ2v) is 1.99. The fourth-order valence-electron chi connectivity index (χ4n) is 0.691. The topological polar surface area (TPSA) is 70.1 Å². The standard InChI is InChI=1S/C5H8O4/c6-2-4-3(9-4)1-5(7)8/h3-4,6H,1-2H2,(H,7,8). The van der Waals surface area contributed by atoms with Gasteiger partial charge in [0.2, 0.25) is 0 Å². The summed E-state index contributed by atoms with van der Waals surface area (Å²) >= 11 is 0. The van der Waals surface area contributed by atoms with Crippen molar-refractivity contribution in [2.45, 2.75) is 18.6 Å². The van der Waals surface area contributed by atoms with Crippen LogP contribution >= 0.6 is 0 Å². The summed E-state index contributed by atoms with van der Waals surface area (Å²) in [7, 11) is 0. The molecule has 2 atom stereocenters. The van der Waals surface area contributed by atoms with Gasteiger partial charge in [0.05, 0.1) is 19.1 Å². The molecule has 0 aromatic rings. The molecule has 1 aliphatic heterocycles. The maximum Gasteiger partial charge on any atom is 0.306 e. The summed E-state index contributed by atoms with van der Waals surface area (Å²) in [6.07, 6.45) is -0.459. The maximum atomic E-state index is 9.95. The molecular weight excluding hydrogens is 124 g/mol. The number of epoxide rings is 1. The molecule has 2 N–H and O–H groups in total. The zero-order valence-corrected chi connectivity index (χ0v) is 4.78. The van der Waals surface area contributed by atoms with Gasteiger partial charge in [-0.15, -0.1) is 0 Å². The van der Waals surface area contributed by atoms with Gasteiger partial charge < -0.3 is 14.9 Å². The highest BCUT2D eigenvalue weighted by molar-refractivity contribution is 5.67. The first-order chi connectivity index (χ1) is 4.24. The van der Waals surface area contributed by atoms with E-state index in [1.54, 1.807) is 0 Å². The number of aliphatic carboxylic acids is 1. The molecule has 4 nitrogen and oxygen atoms in total. The number of hydrogen-bond donors (Lipinski definition) is 2. The van der Waals surface area contributed by atoms with E-state index in [1.165, 1.54) is 0 Å². The first kappa shape index (κ1) is 6.51. The number of rotatable bonds is 3. The zero-order chi connectivity index (χ0) is 6.85. The molecule has 2 unspecified atom stereocenters. The third kappa shape index (κ3) is 1.65. The number of carbonyl (C=O) groups is 1. The van der Waals surface area contributed by atoms with Crippen molar-refractivity contribution in [1.29, 1.82) is 0 Å². The van der Waals surface area contributed by atoms with E-state index >= 15 is 0 Å². The molecule has 0 saturated carbocycles. The van der Waals surface area contributed by atoms with Gasteiger partial charge in [-0.2, -0.15) is 0 Å². The molecule has 0 spiro atoms. The van der Waals surface area contributed by atoms with Crippen LogP contribution in [0.25, 0.3) is 0 Å². The average Bonchev–Trinajstić information content (AvgIpc) is 2.45. The highest BCUT2D eigenvalue weighted by Crippen LogP contribution is 2.23. The minimum Gasteiger partial charge on any atom is -0.481 e. The first-order valence-corrected chi connectivity index (χ1v) is 2.72. The van der Waals surface area contributed by atoms with Crippen LogP contribution in [0, 0.1) is 0 Å². The molecule has 0 aliphatic carbocycles. The van der Waals surface area contributed by atoms with E-state index in [0.717, 1.165) is 0 Å². The van der Waals surface area contributed by atoms with Crippen molar-refractivity contribution in [1.82, 2.24) is 0 Å². The van der Waals surface area contributed by atoms with Crippen LogP contribution in [-0.4, -0.2) is 35.0 Å². The lowest BCUT2D eigenvalue weighted by Gasteiger charge is -1.83.